The van der Waals surface area contributed by atoms with Crippen LogP contribution in [0.3, 0.4) is 0 Å². The summed E-state index contributed by atoms with van der Waals surface area (Å²) in [6, 6.07) is 13.9. The molecule has 2 rings (SSSR count). The summed E-state index contributed by atoms with van der Waals surface area (Å²) in [6.07, 6.45) is 1.17. The first kappa shape index (κ1) is 19.0. The van der Waals surface area contributed by atoms with E-state index in [2.05, 4.69) is 0 Å². The van der Waals surface area contributed by atoms with Crippen molar-refractivity contribution in [3.05, 3.63) is 59.7 Å². The van der Waals surface area contributed by atoms with Gasteiger partial charge in [0.15, 0.2) is 16.4 Å². The molecule has 0 aromatic heterocycles. The van der Waals surface area contributed by atoms with Gasteiger partial charge in [-0.1, -0.05) is 24.3 Å². The maximum atomic E-state index is 12.3. The Morgan fingerprint density at radius 1 is 1.16 bits per heavy atom. The van der Waals surface area contributed by atoms with E-state index in [-0.39, 0.29) is 23.5 Å². The van der Waals surface area contributed by atoms with Gasteiger partial charge in [-0.05, 0) is 49.2 Å². The minimum absolute atomic E-state index is 0.0499. The Bertz CT molecular complexity index is 844. The summed E-state index contributed by atoms with van der Waals surface area (Å²) >= 11 is 0. The molecule has 1 amide bonds. The summed E-state index contributed by atoms with van der Waals surface area (Å²) in [7, 11) is -1.52. The topological polar surface area (TPSA) is 63.7 Å². The fourth-order valence-corrected chi connectivity index (χ4v) is 3.02. The zero-order valence-corrected chi connectivity index (χ0v) is 15.7. The third-order valence-corrected chi connectivity index (χ3v) is 5.25. The van der Waals surface area contributed by atoms with Gasteiger partial charge in [0.2, 0.25) is 0 Å². The SMILES string of the molecule is Cc1cccc(OCC(=O)N(C)C(C)c2ccc(S(C)(=O)=O)cc2)c1. The van der Waals surface area contributed by atoms with Crippen LogP contribution in [0.4, 0.5) is 0 Å². The minimum atomic E-state index is -3.23. The van der Waals surface area contributed by atoms with Crippen LogP contribution in [0, 0.1) is 6.92 Å². The summed E-state index contributed by atoms with van der Waals surface area (Å²) in [5.74, 6) is 0.508. The summed E-state index contributed by atoms with van der Waals surface area (Å²) in [5.41, 5.74) is 1.93. The van der Waals surface area contributed by atoms with Crippen LogP contribution in [-0.4, -0.2) is 39.1 Å². The highest BCUT2D eigenvalue weighted by Crippen LogP contribution is 2.21. The van der Waals surface area contributed by atoms with Gasteiger partial charge in [-0.15, -0.1) is 0 Å². The molecule has 0 heterocycles. The number of amides is 1. The van der Waals surface area contributed by atoms with Crippen LogP contribution >= 0.6 is 0 Å². The second kappa shape index (κ2) is 7.70. The molecule has 0 N–H and O–H groups in total. The molecule has 6 heteroatoms. The number of hydrogen-bond donors (Lipinski definition) is 0. The molecule has 0 saturated heterocycles. The van der Waals surface area contributed by atoms with E-state index in [0.29, 0.717) is 5.75 Å². The predicted molar refractivity (Wildman–Crippen MR) is 97.4 cm³/mol. The van der Waals surface area contributed by atoms with Gasteiger partial charge in [0.25, 0.3) is 5.91 Å². The van der Waals surface area contributed by atoms with Crippen molar-refractivity contribution in [2.45, 2.75) is 24.8 Å². The molecule has 134 valence electrons. The number of aryl methyl sites for hydroxylation is 1. The number of carbonyl (C=O) groups excluding carboxylic acids is 1. The average Bonchev–Trinajstić information content (AvgIpc) is 2.58. The van der Waals surface area contributed by atoms with Crippen molar-refractivity contribution in [1.82, 2.24) is 4.90 Å². The van der Waals surface area contributed by atoms with E-state index in [0.717, 1.165) is 11.1 Å². The molecule has 0 aliphatic rings. The fraction of sp³-hybridized carbons (Fsp3) is 0.316. The van der Waals surface area contributed by atoms with Gasteiger partial charge in [-0.3, -0.25) is 4.79 Å². The zero-order chi connectivity index (χ0) is 18.6. The summed E-state index contributed by atoms with van der Waals surface area (Å²) in [6.45, 7) is 3.80. The maximum Gasteiger partial charge on any atom is 0.260 e. The molecule has 5 nitrogen and oxygen atoms in total. The Morgan fingerprint density at radius 3 is 2.36 bits per heavy atom. The number of nitrogens with zero attached hydrogens (tertiary/aromatic N) is 1. The molecule has 2 aromatic rings. The fourth-order valence-electron chi connectivity index (χ4n) is 2.39. The van der Waals surface area contributed by atoms with E-state index < -0.39 is 9.84 Å². The van der Waals surface area contributed by atoms with Crippen molar-refractivity contribution >= 4 is 15.7 Å². The maximum absolute atomic E-state index is 12.3. The highest BCUT2D eigenvalue weighted by molar-refractivity contribution is 7.90. The lowest BCUT2D eigenvalue weighted by Gasteiger charge is -2.25. The highest BCUT2D eigenvalue weighted by Gasteiger charge is 2.18. The Labute approximate surface area is 149 Å². The molecular formula is C19H23NO4S. The third-order valence-electron chi connectivity index (χ3n) is 4.12. The van der Waals surface area contributed by atoms with Crippen molar-refractivity contribution in [3.63, 3.8) is 0 Å². The lowest BCUT2D eigenvalue weighted by atomic mass is 10.1. The Balaban J connectivity index is 2.01. The molecule has 2 aromatic carbocycles. The van der Waals surface area contributed by atoms with E-state index in [4.69, 9.17) is 4.74 Å². The molecule has 0 aliphatic heterocycles. The van der Waals surface area contributed by atoms with Gasteiger partial charge in [-0.25, -0.2) is 8.42 Å². The number of benzene rings is 2. The standard InChI is InChI=1S/C19H23NO4S/c1-14-6-5-7-17(12-14)24-13-19(21)20(3)15(2)16-8-10-18(11-9-16)25(4,22)23/h5-12,15H,13H2,1-4H3. The van der Waals surface area contributed by atoms with Crippen LogP contribution in [0.1, 0.15) is 24.1 Å². The van der Waals surface area contributed by atoms with Crippen LogP contribution < -0.4 is 4.74 Å². The molecule has 0 bridgehead atoms. The van der Waals surface area contributed by atoms with Crippen LogP contribution in [0.15, 0.2) is 53.4 Å². The van der Waals surface area contributed by atoms with Crippen molar-refractivity contribution in [2.24, 2.45) is 0 Å². The number of carbonyl (C=O) groups is 1. The molecule has 1 unspecified atom stereocenters. The molecule has 0 spiro atoms. The number of ether oxygens (including phenoxy) is 1. The monoisotopic (exact) mass is 361 g/mol. The average molecular weight is 361 g/mol. The van der Waals surface area contributed by atoms with Crippen molar-refractivity contribution in [3.8, 4) is 5.75 Å². The van der Waals surface area contributed by atoms with Gasteiger partial charge in [0.1, 0.15) is 5.75 Å². The second-order valence-electron chi connectivity index (χ2n) is 6.13. The van der Waals surface area contributed by atoms with E-state index in [1.807, 2.05) is 38.1 Å². The van der Waals surface area contributed by atoms with Crippen molar-refractivity contribution in [2.75, 3.05) is 19.9 Å². The van der Waals surface area contributed by atoms with Gasteiger partial charge in [-0.2, -0.15) is 0 Å². The summed E-state index contributed by atoms with van der Waals surface area (Å²) in [5, 5.41) is 0. The van der Waals surface area contributed by atoms with Crippen molar-refractivity contribution in [1.29, 1.82) is 0 Å². The van der Waals surface area contributed by atoms with E-state index in [1.165, 1.54) is 6.26 Å². The first-order chi connectivity index (χ1) is 11.7. The molecule has 0 fully saturated rings. The van der Waals surface area contributed by atoms with Crippen LogP contribution in [-0.2, 0) is 14.6 Å². The number of rotatable bonds is 6. The van der Waals surface area contributed by atoms with Crippen molar-refractivity contribution < 1.29 is 17.9 Å². The van der Waals surface area contributed by atoms with Crippen LogP contribution in [0.25, 0.3) is 0 Å². The molecule has 0 saturated carbocycles. The quantitative estimate of drug-likeness (QED) is 0.793. The normalized spacial score (nSPS) is 12.5. The van der Waals surface area contributed by atoms with Gasteiger partial charge < -0.3 is 9.64 Å². The molecule has 0 aliphatic carbocycles. The number of sulfone groups is 1. The van der Waals surface area contributed by atoms with Crippen LogP contribution in [0.5, 0.6) is 5.75 Å². The largest absolute Gasteiger partial charge is 0.484 e. The minimum Gasteiger partial charge on any atom is -0.484 e. The Hall–Kier alpha value is -2.34. The molecule has 25 heavy (non-hydrogen) atoms. The Morgan fingerprint density at radius 2 is 1.80 bits per heavy atom. The summed E-state index contributed by atoms with van der Waals surface area (Å²) < 4.78 is 28.6. The molecule has 0 radical (unpaired) electrons. The van der Waals surface area contributed by atoms with E-state index in [9.17, 15) is 13.2 Å². The number of hydrogen-bond acceptors (Lipinski definition) is 4. The van der Waals surface area contributed by atoms with E-state index >= 15 is 0 Å². The highest BCUT2D eigenvalue weighted by atomic mass is 32.2. The van der Waals surface area contributed by atoms with Crippen LogP contribution in [0.2, 0.25) is 0 Å². The van der Waals surface area contributed by atoms with Gasteiger partial charge in [0.05, 0.1) is 10.9 Å². The Kier molecular flexibility index (Phi) is 5.85. The smallest absolute Gasteiger partial charge is 0.260 e. The molecule has 1 atom stereocenters. The number of likely N-dealkylation sites (N-methyl/N-ethyl adjacent to an activating group) is 1. The first-order valence-corrected chi connectivity index (χ1v) is 9.83. The lowest BCUT2D eigenvalue weighted by Crippen LogP contribution is -2.33. The van der Waals surface area contributed by atoms with Gasteiger partial charge in [0, 0.05) is 13.3 Å². The first-order valence-electron chi connectivity index (χ1n) is 7.93. The van der Waals surface area contributed by atoms with E-state index in [1.54, 1.807) is 36.2 Å². The molecular weight excluding hydrogens is 338 g/mol. The zero-order valence-electron chi connectivity index (χ0n) is 14.9. The summed E-state index contributed by atoms with van der Waals surface area (Å²) in [4.78, 5) is 14.2. The third kappa shape index (κ3) is 5.06. The second-order valence-corrected chi connectivity index (χ2v) is 8.14. The predicted octanol–water partition coefficient (Wildman–Crippen LogP) is 3.00. The lowest BCUT2D eigenvalue weighted by molar-refractivity contribution is -0.134. The van der Waals surface area contributed by atoms with Gasteiger partial charge >= 0.3 is 0 Å².